The Hall–Kier alpha value is -1.73. The zero-order chi connectivity index (χ0) is 12.3. The molecule has 1 aromatic rings. The number of anilines is 2. The molecular formula is C13H17N3O. The van der Waals surface area contributed by atoms with E-state index in [1.807, 2.05) is 12.1 Å². The van der Waals surface area contributed by atoms with Gasteiger partial charge in [0.25, 0.3) is 0 Å². The molecule has 0 atom stereocenters. The van der Waals surface area contributed by atoms with Gasteiger partial charge in [-0.1, -0.05) is 0 Å². The summed E-state index contributed by atoms with van der Waals surface area (Å²) in [6.07, 6.45) is 2.39. The second kappa shape index (κ2) is 5.07. The van der Waals surface area contributed by atoms with E-state index in [0.717, 1.165) is 12.2 Å². The minimum atomic E-state index is 0.556. The van der Waals surface area contributed by atoms with Gasteiger partial charge in [-0.25, -0.2) is 0 Å². The Kier molecular flexibility index (Phi) is 3.50. The van der Waals surface area contributed by atoms with E-state index in [1.54, 1.807) is 13.2 Å². The fourth-order valence-corrected chi connectivity index (χ4v) is 1.97. The Morgan fingerprint density at radius 3 is 2.88 bits per heavy atom. The third kappa shape index (κ3) is 2.69. The molecule has 0 aromatic heterocycles. The number of nitrogen functional groups attached to an aromatic ring is 1. The van der Waals surface area contributed by atoms with E-state index in [4.69, 9.17) is 15.7 Å². The van der Waals surface area contributed by atoms with Gasteiger partial charge in [-0.05, 0) is 31.0 Å². The smallest absolute Gasteiger partial charge is 0.101 e. The summed E-state index contributed by atoms with van der Waals surface area (Å²) < 4.78 is 5.12. The number of nitrogens with zero attached hydrogens (tertiary/aromatic N) is 2. The summed E-state index contributed by atoms with van der Waals surface area (Å²) in [6.45, 7) is 1.49. The molecule has 0 unspecified atom stereocenters. The molecule has 0 aliphatic heterocycles. The van der Waals surface area contributed by atoms with Gasteiger partial charge in [0, 0.05) is 25.4 Å². The number of hydrogen-bond acceptors (Lipinski definition) is 4. The molecule has 1 aliphatic carbocycles. The molecule has 2 N–H and O–H groups in total. The van der Waals surface area contributed by atoms with E-state index in [1.165, 1.54) is 12.8 Å². The highest BCUT2D eigenvalue weighted by molar-refractivity contribution is 5.65. The fourth-order valence-electron chi connectivity index (χ4n) is 1.97. The van der Waals surface area contributed by atoms with Gasteiger partial charge >= 0.3 is 0 Å². The Balaban J connectivity index is 2.25. The normalized spacial score (nSPS) is 14.4. The maximum absolute atomic E-state index is 9.16. The molecule has 1 fully saturated rings. The summed E-state index contributed by atoms with van der Waals surface area (Å²) in [5, 5.41) is 9.16. The highest BCUT2D eigenvalue weighted by Gasteiger charge is 2.30. The first-order chi connectivity index (χ1) is 8.26. The van der Waals surface area contributed by atoms with Crippen molar-refractivity contribution in [2.24, 2.45) is 0 Å². The van der Waals surface area contributed by atoms with Crippen LogP contribution >= 0.6 is 0 Å². The first-order valence-corrected chi connectivity index (χ1v) is 5.81. The lowest BCUT2D eigenvalue weighted by Crippen LogP contribution is -2.30. The van der Waals surface area contributed by atoms with E-state index in [-0.39, 0.29) is 0 Å². The molecule has 0 heterocycles. The number of nitrogens with two attached hydrogens (primary N) is 1. The van der Waals surface area contributed by atoms with Gasteiger partial charge in [-0.15, -0.1) is 0 Å². The van der Waals surface area contributed by atoms with E-state index >= 15 is 0 Å². The quantitative estimate of drug-likeness (QED) is 0.784. The molecule has 1 aliphatic rings. The minimum absolute atomic E-state index is 0.556. The second-order valence-electron chi connectivity index (χ2n) is 4.31. The van der Waals surface area contributed by atoms with E-state index in [2.05, 4.69) is 11.0 Å². The lowest BCUT2D eigenvalue weighted by atomic mass is 10.1. The molecular weight excluding hydrogens is 214 g/mol. The summed E-state index contributed by atoms with van der Waals surface area (Å²) in [5.41, 5.74) is 7.95. The molecule has 0 saturated heterocycles. The lowest BCUT2D eigenvalue weighted by molar-refractivity contribution is 0.205. The average molecular weight is 231 g/mol. The minimum Gasteiger partial charge on any atom is -0.399 e. The topological polar surface area (TPSA) is 62.3 Å². The van der Waals surface area contributed by atoms with Crippen LogP contribution in [0.3, 0.4) is 0 Å². The Labute approximate surface area is 102 Å². The van der Waals surface area contributed by atoms with Crippen molar-refractivity contribution in [2.75, 3.05) is 30.9 Å². The zero-order valence-electron chi connectivity index (χ0n) is 10.0. The fraction of sp³-hybridized carbons (Fsp3) is 0.462. The van der Waals surface area contributed by atoms with Crippen LogP contribution in [0, 0.1) is 11.3 Å². The summed E-state index contributed by atoms with van der Waals surface area (Å²) in [7, 11) is 1.69. The third-order valence-corrected chi connectivity index (χ3v) is 2.97. The van der Waals surface area contributed by atoms with Crippen molar-refractivity contribution in [3.63, 3.8) is 0 Å². The molecule has 1 aromatic carbocycles. The van der Waals surface area contributed by atoms with Crippen LogP contribution in [0.2, 0.25) is 0 Å². The number of benzene rings is 1. The van der Waals surface area contributed by atoms with Gasteiger partial charge in [0.2, 0.25) is 0 Å². The van der Waals surface area contributed by atoms with Crippen molar-refractivity contribution in [3.05, 3.63) is 23.8 Å². The summed E-state index contributed by atoms with van der Waals surface area (Å²) >= 11 is 0. The van der Waals surface area contributed by atoms with Gasteiger partial charge in [0.1, 0.15) is 6.07 Å². The van der Waals surface area contributed by atoms with Crippen LogP contribution in [0.15, 0.2) is 18.2 Å². The molecule has 0 amide bonds. The monoisotopic (exact) mass is 231 g/mol. The van der Waals surface area contributed by atoms with Crippen molar-refractivity contribution < 1.29 is 4.74 Å². The standard InChI is InChI=1S/C13H17N3O/c1-17-7-6-16(12-3-4-12)13-5-2-11(15)8-10(13)9-14/h2,5,8,12H,3-4,6-7,15H2,1H3. The molecule has 0 radical (unpaired) electrons. The highest BCUT2D eigenvalue weighted by atomic mass is 16.5. The number of ether oxygens (including phenoxy) is 1. The van der Waals surface area contributed by atoms with Gasteiger partial charge in [-0.2, -0.15) is 5.26 Å². The van der Waals surface area contributed by atoms with Crippen LogP contribution in [-0.4, -0.2) is 26.3 Å². The van der Waals surface area contributed by atoms with Crippen molar-refractivity contribution in [2.45, 2.75) is 18.9 Å². The Morgan fingerprint density at radius 1 is 1.53 bits per heavy atom. The first kappa shape index (κ1) is 11.7. The predicted molar refractivity (Wildman–Crippen MR) is 67.8 cm³/mol. The van der Waals surface area contributed by atoms with E-state index < -0.39 is 0 Å². The van der Waals surface area contributed by atoms with Crippen LogP contribution in [0.25, 0.3) is 0 Å². The number of rotatable bonds is 5. The second-order valence-corrected chi connectivity index (χ2v) is 4.31. The van der Waals surface area contributed by atoms with Crippen molar-refractivity contribution in [1.82, 2.24) is 0 Å². The van der Waals surface area contributed by atoms with Gasteiger partial charge in [0.15, 0.2) is 0 Å². The number of nitriles is 1. The maximum Gasteiger partial charge on any atom is 0.101 e. The average Bonchev–Trinajstić information content (AvgIpc) is 3.15. The Bertz CT molecular complexity index is 435. The highest BCUT2D eigenvalue weighted by Crippen LogP contribution is 2.33. The van der Waals surface area contributed by atoms with E-state index in [0.29, 0.717) is 23.9 Å². The van der Waals surface area contributed by atoms with Crippen LogP contribution in [-0.2, 0) is 4.74 Å². The van der Waals surface area contributed by atoms with Crippen LogP contribution in [0.5, 0.6) is 0 Å². The zero-order valence-corrected chi connectivity index (χ0v) is 10.0. The van der Waals surface area contributed by atoms with Gasteiger partial charge in [-0.3, -0.25) is 0 Å². The molecule has 2 rings (SSSR count). The molecule has 4 heteroatoms. The first-order valence-electron chi connectivity index (χ1n) is 5.81. The molecule has 0 bridgehead atoms. The number of methoxy groups -OCH3 is 1. The number of hydrogen-bond donors (Lipinski definition) is 1. The third-order valence-electron chi connectivity index (χ3n) is 2.97. The summed E-state index contributed by atoms with van der Waals surface area (Å²) in [5.74, 6) is 0. The van der Waals surface area contributed by atoms with Crippen molar-refractivity contribution in [3.8, 4) is 6.07 Å². The van der Waals surface area contributed by atoms with Crippen molar-refractivity contribution in [1.29, 1.82) is 5.26 Å². The molecule has 1 saturated carbocycles. The lowest BCUT2D eigenvalue weighted by Gasteiger charge is -2.25. The van der Waals surface area contributed by atoms with Gasteiger partial charge < -0.3 is 15.4 Å². The SMILES string of the molecule is COCCN(c1ccc(N)cc1C#N)C1CC1. The van der Waals surface area contributed by atoms with Crippen molar-refractivity contribution >= 4 is 11.4 Å². The van der Waals surface area contributed by atoms with Crippen LogP contribution < -0.4 is 10.6 Å². The molecule has 90 valence electrons. The Morgan fingerprint density at radius 2 is 2.29 bits per heavy atom. The van der Waals surface area contributed by atoms with E-state index in [9.17, 15) is 0 Å². The molecule has 0 spiro atoms. The molecule has 17 heavy (non-hydrogen) atoms. The van der Waals surface area contributed by atoms with Crippen LogP contribution in [0.1, 0.15) is 18.4 Å². The largest absolute Gasteiger partial charge is 0.399 e. The van der Waals surface area contributed by atoms with Crippen LogP contribution in [0.4, 0.5) is 11.4 Å². The predicted octanol–water partition coefficient (Wildman–Crippen LogP) is 1.76. The van der Waals surface area contributed by atoms with Gasteiger partial charge in [0.05, 0.1) is 17.9 Å². The summed E-state index contributed by atoms with van der Waals surface area (Å²) in [6, 6.07) is 8.28. The summed E-state index contributed by atoms with van der Waals surface area (Å²) in [4.78, 5) is 2.25. The maximum atomic E-state index is 9.16. The molecule has 4 nitrogen and oxygen atoms in total.